The second kappa shape index (κ2) is 5.52. The lowest BCUT2D eigenvalue weighted by Gasteiger charge is -2.22. The first-order valence-corrected chi connectivity index (χ1v) is 8.99. The molecule has 1 atom stereocenters. The molecule has 1 aromatic carbocycles. The lowest BCUT2D eigenvalue weighted by Crippen LogP contribution is -2.29. The second-order valence-electron chi connectivity index (χ2n) is 6.89. The summed E-state index contributed by atoms with van der Waals surface area (Å²) >= 11 is 0. The number of hydrogen-bond acceptors (Lipinski definition) is 5. The van der Waals surface area contributed by atoms with E-state index in [1.165, 1.54) is 0 Å². The van der Waals surface area contributed by atoms with Gasteiger partial charge >= 0.3 is 0 Å². The van der Waals surface area contributed by atoms with Crippen LogP contribution in [-0.4, -0.2) is 37.0 Å². The highest BCUT2D eigenvalue weighted by Crippen LogP contribution is 2.42. The summed E-state index contributed by atoms with van der Waals surface area (Å²) < 4.78 is 7.47. The number of nitrogens with zero attached hydrogens (tertiary/aromatic N) is 5. The molecule has 2 aromatic heterocycles. The Morgan fingerprint density at radius 2 is 2.23 bits per heavy atom. The molecule has 26 heavy (non-hydrogen) atoms. The third kappa shape index (κ3) is 2.06. The Kier molecular flexibility index (Phi) is 3.25. The molecular weight excluding hydrogens is 330 g/mol. The third-order valence-electron chi connectivity index (χ3n) is 5.26. The summed E-state index contributed by atoms with van der Waals surface area (Å²) in [6.45, 7) is 4.74. The largest absolute Gasteiger partial charge is 0.332 e. The molecule has 5 rings (SSSR count). The van der Waals surface area contributed by atoms with Crippen LogP contribution in [-0.2, 0) is 6.42 Å². The summed E-state index contributed by atoms with van der Waals surface area (Å²) in [6, 6.07) is 5.95. The van der Waals surface area contributed by atoms with Gasteiger partial charge < -0.3 is 9.42 Å². The fourth-order valence-corrected chi connectivity index (χ4v) is 4.01. The van der Waals surface area contributed by atoms with E-state index in [4.69, 9.17) is 4.52 Å². The first kappa shape index (κ1) is 15.3. The van der Waals surface area contributed by atoms with Crippen molar-refractivity contribution >= 4 is 5.91 Å². The lowest BCUT2D eigenvalue weighted by molar-refractivity contribution is 0.0739. The normalized spacial score (nSPS) is 18.5. The minimum atomic E-state index is -0.0234. The third-order valence-corrected chi connectivity index (χ3v) is 5.26. The smallest absolute Gasteiger partial charge is 0.278 e. The van der Waals surface area contributed by atoms with Crippen LogP contribution >= 0.6 is 0 Å². The second-order valence-corrected chi connectivity index (χ2v) is 6.89. The predicted molar refractivity (Wildman–Crippen MR) is 94.0 cm³/mol. The fraction of sp³-hybridized carbons (Fsp3) is 0.368. The highest BCUT2D eigenvalue weighted by atomic mass is 16.5. The van der Waals surface area contributed by atoms with Gasteiger partial charge in [0.25, 0.3) is 11.8 Å². The Balaban J connectivity index is 1.77. The van der Waals surface area contributed by atoms with Crippen LogP contribution < -0.4 is 0 Å². The van der Waals surface area contributed by atoms with E-state index in [0.717, 1.165) is 41.9 Å². The molecule has 132 valence electrons. The zero-order valence-corrected chi connectivity index (χ0v) is 14.8. The van der Waals surface area contributed by atoms with Gasteiger partial charge in [-0.2, -0.15) is 4.98 Å². The molecule has 3 aromatic rings. The van der Waals surface area contributed by atoms with Crippen molar-refractivity contribution in [2.24, 2.45) is 0 Å². The van der Waals surface area contributed by atoms with Crippen molar-refractivity contribution in [1.29, 1.82) is 0 Å². The Bertz CT molecular complexity index is 1020. The van der Waals surface area contributed by atoms with Crippen molar-refractivity contribution in [2.45, 2.75) is 39.2 Å². The number of carbonyl (C=O) groups is 1. The van der Waals surface area contributed by atoms with Gasteiger partial charge in [-0.3, -0.25) is 9.36 Å². The number of amides is 1. The zero-order chi connectivity index (χ0) is 17.8. The van der Waals surface area contributed by atoms with Gasteiger partial charge in [-0.15, -0.1) is 0 Å². The maximum atomic E-state index is 13.2. The molecule has 0 unspecified atom stereocenters. The average molecular weight is 349 g/mol. The molecule has 0 spiro atoms. The Labute approximate surface area is 150 Å². The van der Waals surface area contributed by atoms with Gasteiger partial charge in [0.2, 0.25) is 0 Å². The molecule has 0 N–H and O–H groups in total. The number of aryl methyl sites for hydroxylation is 2. The minimum absolute atomic E-state index is 0.0234. The van der Waals surface area contributed by atoms with E-state index in [0.29, 0.717) is 23.8 Å². The highest BCUT2D eigenvalue weighted by molar-refractivity contribution is 5.99. The molecule has 0 aliphatic carbocycles. The topological polar surface area (TPSA) is 77.0 Å². The number of carbonyl (C=O) groups excluding carboxylic acids is 1. The molecule has 0 radical (unpaired) electrons. The van der Waals surface area contributed by atoms with Crippen molar-refractivity contribution in [3.05, 3.63) is 47.2 Å². The quantitative estimate of drug-likeness (QED) is 0.710. The molecule has 0 saturated carbocycles. The first-order valence-electron chi connectivity index (χ1n) is 8.99. The fourth-order valence-electron chi connectivity index (χ4n) is 4.01. The van der Waals surface area contributed by atoms with Gasteiger partial charge in [-0.05, 0) is 31.9 Å². The number of fused-ring (bicyclic) bond motifs is 5. The van der Waals surface area contributed by atoms with Crippen LogP contribution in [0.15, 0.2) is 29.0 Å². The van der Waals surface area contributed by atoms with Crippen LogP contribution in [0.5, 0.6) is 0 Å². The molecule has 2 aliphatic heterocycles. The number of hydrogen-bond donors (Lipinski definition) is 0. The van der Waals surface area contributed by atoms with E-state index in [1.54, 1.807) is 6.33 Å². The standard InChI is InChI=1S/C19H19N5O2/c1-3-15-21-18(26-22-15)16-17-14-5-4-8-23(14)19(25)12-9-11(2)6-7-13(12)24(17)10-20-16/h6-7,9-10,14H,3-5,8H2,1-2H3/t14-/m0/s1. The van der Waals surface area contributed by atoms with Gasteiger partial charge in [-0.1, -0.05) is 23.7 Å². The monoisotopic (exact) mass is 349 g/mol. The summed E-state index contributed by atoms with van der Waals surface area (Å²) in [4.78, 5) is 24.2. The van der Waals surface area contributed by atoms with Crippen molar-refractivity contribution in [3.8, 4) is 17.3 Å². The highest BCUT2D eigenvalue weighted by Gasteiger charge is 2.39. The van der Waals surface area contributed by atoms with E-state index >= 15 is 0 Å². The van der Waals surface area contributed by atoms with Crippen molar-refractivity contribution in [1.82, 2.24) is 24.6 Å². The minimum Gasteiger partial charge on any atom is -0.332 e. The Hall–Kier alpha value is -2.96. The maximum absolute atomic E-state index is 13.2. The van der Waals surface area contributed by atoms with Gasteiger partial charge in [0, 0.05) is 13.0 Å². The molecule has 1 saturated heterocycles. The molecule has 1 fully saturated rings. The van der Waals surface area contributed by atoms with Crippen LogP contribution in [0, 0.1) is 6.92 Å². The number of rotatable bonds is 2. The van der Waals surface area contributed by atoms with Gasteiger partial charge in [0.15, 0.2) is 11.5 Å². The van der Waals surface area contributed by atoms with Crippen LogP contribution in [0.3, 0.4) is 0 Å². The molecule has 7 nitrogen and oxygen atoms in total. The Morgan fingerprint density at radius 1 is 1.35 bits per heavy atom. The van der Waals surface area contributed by atoms with E-state index in [9.17, 15) is 4.79 Å². The summed E-state index contributed by atoms with van der Waals surface area (Å²) in [5.74, 6) is 1.16. The molecule has 1 amide bonds. The molecule has 7 heteroatoms. The molecule has 4 heterocycles. The van der Waals surface area contributed by atoms with E-state index in [2.05, 4.69) is 15.1 Å². The van der Waals surface area contributed by atoms with Gasteiger partial charge in [0.1, 0.15) is 6.33 Å². The van der Waals surface area contributed by atoms with Crippen LogP contribution in [0.1, 0.15) is 53.2 Å². The average Bonchev–Trinajstić information content (AvgIpc) is 3.37. The Morgan fingerprint density at radius 3 is 3.04 bits per heavy atom. The van der Waals surface area contributed by atoms with Crippen LogP contribution in [0.4, 0.5) is 0 Å². The van der Waals surface area contributed by atoms with E-state index in [-0.39, 0.29) is 11.9 Å². The lowest BCUT2D eigenvalue weighted by atomic mass is 10.1. The summed E-state index contributed by atoms with van der Waals surface area (Å²) in [5, 5.41) is 4.00. The van der Waals surface area contributed by atoms with Gasteiger partial charge in [0.05, 0.1) is 23.0 Å². The summed E-state index contributed by atoms with van der Waals surface area (Å²) in [6.07, 6.45) is 4.36. The van der Waals surface area contributed by atoms with E-state index in [1.807, 2.05) is 41.5 Å². The predicted octanol–water partition coefficient (Wildman–Crippen LogP) is 3.08. The maximum Gasteiger partial charge on any atom is 0.278 e. The van der Waals surface area contributed by atoms with Crippen molar-refractivity contribution < 1.29 is 9.32 Å². The van der Waals surface area contributed by atoms with Crippen LogP contribution in [0.2, 0.25) is 0 Å². The first-order chi connectivity index (χ1) is 12.7. The van der Waals surface area contributed by atoms with E-state index < -0.39 is 0 Å². The van der Waals surface area contributed by atoms with Crippen LogP contribution in [0.25, 0.3) is 17.3 Å². The molecular formula is C19H19N5O2. The van der Waals surface area contributed by atoms with Crippen molar-refractivity contribution in [2.75, 3.05) is 6.54 Å². The van der Waals surface area contributed by atoms with Crippen molar-refractivity contribution in [3.63, 3.8) is 0 Å². The van der Waals surface area contributed by atoms with Gasteiger partial charge in [-0.25, -0.2) is 4.98 Å². The number of benzene rings is 1. The number of imidazole rings is 1. The SMILES string of the molecule is CCc1noc(-c2ncn3c2[C@@H]2CCCN2C(=O)c2cc(C)ccc2-3)n1. The zero-order valence-electron chi connectivity index (χ0n) is 14.8. The molecule has 0 bridgehead atoms. The number of aromatic nitrogens is 4. The summed E-state index contributed by atoms with van der Waals surface area (Å²) in [5.41, 5.74) is 4.29. The molecule has 2 aliphatic rings. The summed E-state index contributed by atoms with van der Waals surface area (Å²) in [7, 11) is 0.